The lowest BCUT2D eigenvalue weighted by atomic mass is 10.2. The molecule has 0 aliphatic carbocycles. The molecule has 4 nitrogen and oxygen atoms in total. The Hall–Kier alpha value is -0.870. The highest BCUT2D eigenvalue weighted by molar-refractivity contribution is 5.86. The van der Waals surface area contributed by atoms with E-state index >= 15 is 0 Å². The summed E-state index contributed by atoms with van der Waals surface area (Å²) >= 11 is 0. The molecule has 0 saturated carbocycles. The average molecular weight is 228 g/mol. The van der Waals surface area contributed by atoms with E-state index in [4.69, 9.17) is 14.2 Å². The van der Waals surface area contributed by atoms with Gasteiger partial charge in [0.15, 0.2) is 0 Å². The van der Waals surface area contributed by atoms with E-state index in [1.807, 2.05) is 0 Å². The summed E-state index contributed by atoms with van der Waals surface area (Å²) in [6.45, 7) is 9.05. The first-order valence-corrected chi connectivity index (χ1v) is 5.69. The summed E-state index contributed by atoms with van der Waals surface area (Å²) in [4.78, 5) is 11.1. The van der Waals surface area contributed by atoms with Gasteiger partial charge in [-0.05, 0) is 13.3 Å². The second-order valence-electron chi connectivity index (χ2n) is 4.02. The van der Waals surface area contributed by atoms with Crippen molar-refractivity contribution in [2.45, 2.75) is 38.9 Å². The highest BCUT2D eigenvalue weighted by Crippen LogP contribution is 2.12. The number of carbonyl (C=O) groups is 1. The number of ether oxygens (including phenoxy) is 3. The highest BCUT2D eigenvalue weighted by atomic mass is 16.6. The molecule has 92 valence electrons. The Morgan fingerprint density at radius 2 is 2.31 bits per heavy atom. The lowest BCUT2D eigenvalue weighted by molar-refractivity contribution is -0.139. The number of hydrogen-bond donors (Lipinski definition) is 0. The molecular formula is C12H20O4. The molecule has 1 aliphatic heterocycles. The van der Waals surface area contributed by atoms with Gasteiger partial charge in [-0.1, -0.05) is 13.5 Å². The summed E-state index contributed by atoms with van der Waals surface area (Å²) in [5.41, 5.74) is 0.431. The Balaban J connectivity index is 2.07. The van der Waals surface area contributed by atoms with Crippen LogP contribution in [0.3, 0.4) is 0 Å². The Morgan fingerprint density at radius 1 is 1.62 bits per heavy atom. The minimum Gasteiger partial charge on any atom is -0.462 e. The first kappa shape index (κ1) is 13.2. The van der Waals surface area contributed by atoms with Crippen molar-refractivity contribution in [2.75, 3.05) is 19.8 Å². The normalized spacial score (nSPS) is 20.2. The molecule has 0 N–H and O–H groups in total. The van der Waals surface area contributed by atoms with E-state index in [0.717, 1.165) is 19.4 Å². The van der Waals surface area contributed by atoms with Crippen molar-refractivity contribution in [1.29, 1.82) is 0 Å². The molecule has 0 radical (unpaired) electrons. The van der Waals surface area contributed by atoms with Gasteiger partial charge in [-0.2, -0.15) is 0 Å². The summed E-state index contributed by atoms with van der Waals surface area (Å²) in [6, 6.07) is 0. The summed E-state index contributed by atoms with van der Waals surface area (Å²) in [7, 11) is 0. The van der Waals surface area contributed by atoms with E-state index in [9.17, 15) is 4.79 Å². The van der Waals surface area contributed by atoms with Crippen molar-refractivity contribution >= 4 is 5.97 Å². The van der Waals surface area contributed by atoms with Crippen LogP contribution >= 0.6 is 0 Å². The fraction of sp³-hybridized carbons (Fsp3) is 0.750. The minimum absolute atomic E-state index is 0.141. The molecule has 2 atom stereocenters. The molecule has 16 heavy (non-hydrogen) atoms. The summed E-state index contributed by atoms with van der Waals surface area (Å²) < 4.78 is 15.7. The lowest BCUT2D eigenvalue weighted by Crippen LogP contribution is -2.19. The van der Waals surface area contributed by atoms with Crippen LogP contribution in [0.15, 0.2) is 12.2 Å². The molecule has 0 aromatic heterocycles. The predicted molar refractivity (Wildman–Crippen MR) is 60.2 cm³/mol. The van der Waals surface area contributed by atoms with E-state index in [1.54, 1.807) is 6.92 Å². The van der Waals surface area contributed by atoms with Gasteiger partial charge in [-0.25, -0.2) is 4.79 Å². The van der Waals surface area contributed by atoms with E-state index in [2.05, 4.69) is 13.5 Å². The zero-order valence-corrected chi connectivity index (χ0v) is 10.0. The van der Waals surface area contributed by atoms with E-state index in [-0.39, 0.29) is 18.2 Å². The Morgan fingerprint density at radius 3 is 2.81 bits per heavy atom. The van der Waals surface area contributed by atoms with E-state index < -0.39 is 0 Å². The van der Waals surface area contributed by atoms with Crippen molar-refractivity contribution in [2.24, 2.45) is 0 Å². The largest absolute Gasteiger partial charge is 0.462 e. The molecule has 1 fully saturated rings. The smallest absolute Gasteiger partial charge is 0.333 e. The molecule has 0 amide bonds. The maximum atomic E-state index is 11.1. The number of rotatable bonds is 8. The Bertz CT molecular complexity index is 245. The quantitative estimate of drug-likeness (QED) is 0.360. The zero-order chi connectivity index (χ0) is 12.0. The molecule has 0 spiro atoms. The van der Waals surface area contributed by atoms with Crippen LogP contribution in [0.25, 0.3) is 0 Å². The van der Waals surface area contributed by atoms with Gasteiger partial charge in [-0.3, -0.25) is 0 Å². The van der Waals surface area contributed by atoms with Gasteiger partial charge in [0.2, 0.25) is 0 Å². The van der Waals surface area contributed by atoms with Gasteiger partial charge in [0.05, 0.1) is 25.9 Å². The standard InChI is InChI=1S/C12H20O4/c1-4-10(15-7-11-8-16-11)5-6-14-12(13)9(2)3/h10-11H,2,4-8H2,1,3H3. The highest BCUT2D eigenvalue weighted by Gasteiger charge is 2.23. The number of esters is 1. The van der Waals surface area contributed by atoms with Crippen molar-refractivity contribution in [3.63, 3.8) is 0 Å². The van der Waals surface area contributed by atoms with Crippen LogP contribution in [0.1, 0.15) is 26.7 Å². The fourth-order valence-corrected chi connectivity index (χ4v) is 1.22. The number of epoxide rings is 1. The monoisotopic (exact) mass is 228 g/mol. The van der Waals surface area contributed by atoms with Gasteiger partial charge in [0, 0.05) is 12.0 Å². The van der Waals surface area contributed by atoms with Crippen LogP contribution < -0.4 is 0 Å². The molecule has 0 aromatic rings. The third kappa shape index (κ3) is 5.28. The van der Waals surface area contributed by atoms with Gasteiger partial charge in [0.1, 0.15) is 6.10 Å². The first-order chi connectivity index (χ1) is 7.63. The van der Waals surface area contributed by atoms with Crippen LogP contribution in [0.2, 0.25) is 0 Å². The molecular weight excluding hydrogens is 208 g/mol. The third-order valence-corrected chi connectivity index (χ3v) is 2.40. The lowest BCUT2D eigenvalue weighted by Gasteiger charge is -2.15. The van der Waals surface area contributed by atoms with Gasteiger partial charge < -0.3 is 14.2 Å². The second-order valence-corrected chi connectivity index (χ2v) is 4.02. The van der Waals surface area contributed by atoms with Crippen molar-refractivity contribution in [3.05, 3.63) is 12.2 Å². The molecule has 2 unspecified atom stereocenters. The molecule has 1 aliphatic rings. The Kier molecular flexibility index (Phi) is 5.49. The fourth-order valence-electron chi connectivity index (χ4n) is 1.22. The van der Waals surface area contributed by atoms with Crippen molar-refractivity contribution in [1.82, 2.24) is 0 Å². The molecule has 0 bridgehead atoms. The maximum Gasteiger partial charge on any atom is 0.333 e. The topological polar surface area (TPSA) is 48.1 Å². The molecule has 0 aromatic carbocycles. The third-order valence-electron chi connectivity index (χ3n) is 2.40. The van der Waals surface area contributed by atoms with Crippen molar-refractivity contribution in [3.8, 4) is 0 Å². The van der Waals surface area contributed by atoms with Crippen LogP contribution in [0.4, 0.5) is 0 Å². The minimum atomic E-state index is -0.333. The average Bonchev–Trinajstić information content (AvgIpc) is 3.06. The number of hydrogen-bond acceptors (Lipinski definition) is 4. The first-order valence-electron chi connectivity index (χ1n) is 5.69. The van der Waals surface area contributed by atoms with Crippen LogP contribution in [-0.4, -0.2) is 38.0 Å². The summed E-state index contributed by atoms with van der Waals surface area (Å²) in [5.74, 6) is -0.333. The van der Waals surface area contributed by atoms with Gasteiger partial charge >= 0.3 is 5.97 Å². The molecule has 1 heterocycles. The van der Waals surface area contributed by atoms with Crippen molar-refractivity contribution < 1.29 is 19.0 Å². The number of carbonyl (C=O) groups excluding carboxylic acids is 1. The molecule has 1 saturated heterocycles. The molecule has 1 rings (SSSR count). The SMILES string of the molecule is C=C(C)C(=O)OCCC(CC)OCC1CO1. The van der Waals surface area contributed by atoms with E-state index in [0.29, 0.717) is 18.8 Å². The zero-order valence-electron chi connectivity index (χ0n) is 10.0. The molecule has 4 heteroatoms. The Labute approximate surface area is 96.6 Å². The van der Waals surface area contributed by atoms with Crippen LogP contribution in [0.5, 0.6) is 0 Å². The summed E-state index contributed by atoms with van der Waals surface area (Å²) in [5, 5.41) is 0. The predicted octanol–water partition coefficient (Wildman–Crippen LogP) is 1.69. The second kappa shape index (κ2) is 6.66. The van der Waals surface area contributed by atoms with Crippen LogP contribution in [0, 0.1) is 0 Å². The van der Waals surface area contributed by atoms with Crippen LogP contribution in [-0.2, 0) is 19.0 Å². The summed E-state index contributed by atoms with van der Waals surface area (Å²) in [6.07, 6.45) is 2.06. The van der Waals surface area contributed by atoms with Gasteiger partial charge in [-0.15, -0.1) is 0 Å². The maximum absolute atomic E-state index is 11.1. The van der Waals surface area contributed by atoms with Gasteiger partial charge in [0.25, 0.3) is 0 Å². The van der Waals surface area contributed by atoms with E-state index in [1.165, 1.54) is 0 Å².